The van der Waals surface area contributed by atoms with E-state index in [1.165, 1.54) is 19.3 Å². The number of likely N-dealkylation sites (N-methyl/N-ethyl adjacent to an activating group) is 1. The number of rotatable bonds is 5. The SMILES string of the molecule is CN(CCOc1cccc(C#N)c1)C1CCC1. The van der Waals surface area contributed by atoms with Crippen molar-refractivity contribution in [1.29, 1.82) is 5.26 Å². The molecule has 90 valence electrons. The summed E-state index contributed by atoms with van der Waals surface area (Å²) in [6.45, 7) is 1.63. The Hall–Kier alpha value is -1.53. The number of nitriles is 1. The second kappa shape index (κ2) is 5.70. The zero-order valence-corrected chi connectivity index (χ0v) is 10.2. The summed E-state index contributed by atoms with van der Waals surface area (Å²) in [4.78, 5) is 2.36. The maximum atomic E-state index is 8.77. The van der Waals surface area contributed by atoms with Crippen molar-refractivity contribution in [3.8, 4) is 11.8 Å². The van der Waals surface area contributed by atoms with Gasteiger partial charge in [-0.05, 0) is 38.1 Å². The minimum absolute atomic E-state index is 0.648. The van der Waals surface area contributed by atoms with Crippen molar-refractivity contribution in [3.63, 3.8) is 0 Å². The lowest BCUT2D eigenvalue weighted by Crippen LogP contribution is -2.39. The summed E-state index contributed by atoms with van der Waals surface area (Å²) in [5, 5.41) is 8.77. The monoisotopic (exact) mass is 230 g/mol. The molecule has 0 unspecified atom stereocenters. The highest BCUT2D eigenvalue weighted by molar-refractivity contribution is 5.36. The lowest BCUT2D eigenvalue weighted by atomic mass is 9.92. The molecule has 0 N–H and O–H groups in total. The van der Waals surface area contributed by atoms with Gasteiger partial charge in [0.25, 0.3) is 0 Å². The van der Waals surface area contributed by atoms with Crippen molar-refractivity contribution in [2.75, 3.05) is 20.2 Å². The zero-order valence-electron chi connectivity index (χ0n) is 10.2. The molecular weight excluding hydrogens is 212 g/mol. The largest absolute Gasteiger partial charge is 0.492 e. The topological polar surface area (TPSA) is 36.3 Å². The van der Waals surface area contributed by atoms with E-state index in [1.54, 1.807) is 12.1 Å². The fraction of sp³-hybridized carbons (Fsp3) is 0.500. The van der Waals surface area contributed by atoms with Crippen LogP contribution in [0.15, 0.2) is 24.3 Å². The van der Waals surface area contributed by atoms with Crippen LogP contribution in [0.3, 0.4) is 0 Å². The van der Waals surface area contributed by atoms with Gasteiger partial charge in [-0.3, -0.25) is 0 Å². The molecule has 1 saturated carbocycles. The summed E-state index contributed by atoms with van der Waals surface area (Å²) in [6.07, 6.45) is 4.00. The molecule has 3 heteroatoms. The quantitative estimate of drug-likeness (QED) is 0.779. The molecule has 2 rings (SSSR count). The van der Waals surface area contributed by atoms with Crippen molar-refractivity contribution < 1.29 is 4.74 Å². The van der Waals surface area contributed by atoms with E-state index in [9.17, 15) is 0 Å². The number of hydrogen-bond acceptors (Lipinski definition) is 3. The van der Waals surface area contributed by atoms with Gasteiger partial charge in [0, 0.05) is 12.6 Å². The van der Waals surface area contributed by atoms with Gasteiger partial charge in [-0.15, -0.1) is 0 Å². The van der Waals surface area contributed by atoms with E-state index in [4.69, 9.17) is 10.00 Å². The van der Waals surface area contributed by atoms with Gasteiger partial charge in [0.05, 0.1) is 11.6 Å². The lowest BCUT2D eigenvalue weighted by molar-refractivity contribution is 0.135. The van der Waals surface area contributed by atoms with Gasteiger partial charge >= 0.3 is 0 Å². The molecule has 0 bridgehead atoms. The first-order chi connectivity index (χ1) is 8.29. The Balaban J connectivity index is 1.75. The van der Waals surface area contributed by atoms with Crippen LogP contribution in [0, 0.1) is 11.3 Å². The maximum Gasteiger partial charge on any atom is 0.120 e. The molecule has 0 radical (unpaired) electrons. The van der Waals surface area contributed by atoms with Crippen LogP contribution in [0.1, 0.15) is 24.8 Å². The molecule has 0 aliphatic heterocycles. The summed E-state index contributed by atoms with van der Waals surface area (Å²) >= 11 is 0. The smallest absolute Gasteiger partial charge is 0.120 e. The molecule has 1 aliphatic rings. The van der Waals surface area contributed by atoms with Crippen LogP contribution in [0.4, 0.5) is 0 Å². The predicted molar refractivity (Wildman–Crippen MR) is 66.9 cm³/mol. The molecule has 0 spiro atoms. The molecule has 1 aromatic rings. The Morgan fingerprint density at radius 2 is 2.29 bits per heavy atom. The lowest BCUT2D eigenvalue weighted by Gasteiger charge is -2.34. The maximum absolute atomic E-state index is 8.77. The number of hydrogen-bond donors (Lipinski definition) is 0. The summed E-state index contributed by atoms with van der Waals surface area (Å²) < 4.78 is 5.65. The molecule has 0 heterocycles. The van der Waals surface area contributed by atoms with Gasteiger partial charge in [-0.2, -0.15) is 5.26 Å². The molecule has 1 fully saturated rings. The van der Waals surface area contributed by atoms with Gasteiger partial charge in [-0.1, -0.05) is 12.5 Å². The van der Waals surface area contributed by atoms with Crippen molar-refractivity contribution in [1.82, 2.24) is 4.90 Å². The van der Waals surface area contributed by atoms with Crippen LogP contribution in [-0.2, 0) is 0 Å². The average Bonchev–Trinajstić information content (AvgIpc) is 2.27. The van der Waals surface area contributed by atoms with Crippen LogP contribution in [0.2, 0.25) is 0 Å². The predicted octanol–water partition coefficient (Wildman–Crippen LogP) is 2.42. The summed E-state index contributed by atoms with van der Waals surface area (Å²) in [6, 6.07) is 10.2. The first kappa shape index (κ1) is 11.9. The van der Waals surface area contributed by atoms with E-state index < -0.39 is 0 Å². The number of ether oxygens (including phenoxy) is 1. The highest BCUT2D eigenvalue weighted by Crippen LogP contribution is 2.23. The van der Waals surface area contributed by atoms with Gasteiger partial charge in [0.2, 0.25) is 0 Å². The van der Waals surface area contributed by atoms with Crippen LogP contribution < -0.4 is 4.74 Å². The normalized spacial score (nSPS) is 15.4. The molecule has 0 amide bonds. The molecule has 17 heavy (non-hydrogen) atoms. The average molecular weight is 230 g/mol. The van der Waals surface area contributed by atoms with E-state index >= 15 is 0 Å². The Labute approximate surface area is 103 Å². The minimum Gasteiger partial charge on any atom is -0.492 e. The van der Waals surface area contributed by atoms with E-state index in [0.29, 0.717) is 12.2 Å². The number of benzene rings is 1. The van der Waals surface area contributed by atoms with Gasteiger partial charge < -0.3 is 9.64 Å². The van der Waals surface area contributed by atoms with Gasteiger partial charge in [-0.25, -0.2) is 0 Å². The van der Waals surface area contributed by atoms with Crippen LogP contribution >= 0.6 is 0 Å². The van der Waals surface area contributed by atoms with Crippen molar-refractivity contribution in [2.45, 2.75) is 25.3 Å². The molecule has 0 aromatic heterocycles. The molecule has 0 saturated heterocycles. The Kier molecular flexibility index (Phi) is 4.00. The first-order valence-corrected chi connectivity index (χ1v) is 6.13. The third kappa shape index (κ3) is 3.21. The molecule has 1 aromatic carbocycles. The highest BCUT2D eigenvalue weighted by atomic mass is 16.5. The fourth-order valence-electron chi connectivity index (χ4n) is 1.97. The van der Waals surface area contributed by atoms with E-state index in [1.807, 2.05) is 12.1 Å². The van der Waals surface area contributed by atoms with Gasteiger partial charge in [0.15, 0.2) is 0 Å². The van der Waals surface area contributed by atoms with Crippen molar-refractivity contribution >= 4 is 0 Å². The second-order valence-electron chi connectivity index (χ2n) is 4.55. The summed E-state index contributed by atoms with van der Waals surface area (Å²) in [7, 11) is 2.15. The van der Waals surface area contributed by atoms with E-state index in [2.05, 4.69) is 18.0 Å². The summed E-state index contributed by atoms with van der Waals surface area (Å²) in [5.41, 5.74) is 0.648. The van der Waals surface area contributed by atoms with Crippen LogP contribution in [-0.4, -0.2) is 31.1 Å². The molecular formula is C14H18N2O. The first-order valence-electron chi connectivity index (χ1n) is 6.13. The second-order valence-corrected chi connectivity index (χ2v) is 4.55. The van der Waals surface area contributed by atoms with E-state index in [-0.39, 0.29) is 0 Å². The Morgan fingerprint density at radius 3 is 2.94 bits per heavy atom. The molecule has 1 aliphatic carbocycles. The third-order valence-corrected chi connectivity index (χ3v) is 3.37. The minimum atomic E-state index is 0.648. The Bertz CT molecular complexity index is 407. The fourth-order valence-corrected chi connectivity index (χ4v) is 1.97. The van der Waals surface area contributed by atoms with Crippen molar-refractivity contribution in [3.05, 3.63) is 29.8 Å². The zero-order chi connectivity index (χ0) is 12.1. The van der Waals surface area contributed by atoms with Crippen LogP contribution in [0.25, 0.3) is 0 Å². The third-order valence-electron chi connectivity index (χ3n) is 3.37. The van der Waals surface area contributed by atoms with Crippen LogP contribution in [0.5, 0.6) is 5.75 Å². The van der Waals surface area contributed by atoms with Gasteiger partial charge in [0.1, 0.15) is 12.4 Å². The Morgan fingerprint density at radius 1 is 1.47 bits per heavy atom. The number of nitrogens with zero attached hydrogens (tertiary/aromatic N) is 2. The molecule has 0 atom stereocenters. The van der Waals surface area contributed by atoms with Crippen molar-refractivity contribution in [2.24, 2.45) is 0 Å². The van der Waals surface area contributed by atoms with E-state index in [0.717, 1.165) is 18.3 Å². The summed E-state index contributed by atoms with van der Waals surface area (Å²) in [5.74, 6) is 0.783. The molecule has 3 nitrogen and oxygen atoms in total. The standard InChI is InChI=1S/C14H18N2O/c1-16(13-5-3-6-13)8-9-17-14-7-2-4-12(10-14)11-15/h2,4,7,10,13H,3,5-6,8-9H2,1H3. The highest BCUT2D eigenvalue weighted by Gasteiger charge is 2.21.